The van der Waals surface area contributed by atoms with Crippen LogP contribution in [-0.2, 0) is 20.9 Å². The van der Waals surface area contributed by atoms with Crippen LogP contribution >= 0.6 is 0 Å². The number of hydrogen-bond donors (Lipinski definition) is 1. The van der Waals surface area contributed by atoms with Gasteiger partial charge < -0.3 is 5.32 Å². The Labute approximate surface area is 139 Å². The lowest BCUT2D eigenvalue weighted by atomic mass is 9.85. The zero-order chi connectivity index (χ0) is 17.3. The minimum Gasteiger partial charge on any atom is -0.350 e. The van der Waals surface area contributed by atoms with Gasteiger partial charge in [-0.1, -0.05) is 24.3 Å². The molecule has 3 atom stereocenters. The van der Waals surface area contributed by atoms with Crippen LogP contribution in [0.2, 0.25) is 0 Å². The maximum absolute atomic E-state index is 12.9. The highest BCUT2D eigenvalue weighted by molar-refractivity contribution is 6.08. The molecular formula is C18H19FN2O3. The molecule has 0 aromatic heterocycles. The van der Waals surface area contributed by atoms with Gasteiger partial charge in [0.1, 0.15) is 11.9 Å². The molecule has 1 aliphatic carbocycles. The van der Waals surface area contributed by atoms with Gasteiger partial charge in [0.15, 0.2) is 0 Å². The third kappa shape index (κ3) is 2.96. The molecule has 1 N–H and O–H groups in total. The summed E-state index contributed by atoms with van der Waals surface area (Å²) in [6, 6.07) is 4.93. The van der Waals surface area contributed by atoms with Crippen molar-refractivity contribution in [1.29, 1.82) is 0 Å². The van der Waals surface area contributed by atoms with Crippen molar-refractivity contribution in [2.24, 2.45) is 11.8 Å². The second kappa shape index (κ2) is 6.55. The minimum absolute atomic E-state index is 0.216. The van der Waals surface area contributed by atoms with Crippen molar-refractivity contribution in [3.63, 3.8) is 0 Å². The summed E-state index contributed by atoms with van der Waals surface area (Å²) in [6.45, 7) is 1.77. The average molecular weight is 330 g/mol. The van der Waals surface area contributed by atoms with Crippen molar-refractivity contribution in [3.05, 3.63) is 47.8 Å². The average Bonchev–Trinajstić information content (AvgIpc) is 2.85. The van der Waals surface area contributed by atoms with E-state index in [1.165, 1.54) is 12.1 Å². The molecule has 1 aromatic rings. The normalized spacial score (nSPS) is 24.0. The van der Waals surface area contributed by atoms with Gasteiger partial charge in [0.05, 0.1) is 11.8 Å². The monoisotopic (exact) mass is 330 g/mol. The van der Waals surface area contributed by atoms with E-state index in [0.717, 1.165) is 10.5 Å². The lowest BCUT2D eigenvalue weighted by Crippen LogP contribution is -2.48. The molecule has 5 nitrogen and oxygen atoms in total. The van der Waals surface area contributed by atoms with Crippen LogP contribution in [0.3, 0.4) is 0 Å². The molecule has 24 heavy (non-hydrogen) atoms. The summed E-state index contributed by atoms with van der Waals surface area (Å²) in [4.78, 5) is 38.3. The van der Waals surface area contributed by atoms with Gasteiger partial charge in [0.2, 0.25) is 17.7 Å². The standard InChI is InChI=1S/C18H19FN2O3/c1-11(16(22)20-10-12-6-8-13(19)9-7-12)21-17(23)14-4-2-3-5-15(14)18(21)24/h2-3,6-9,11,14-15H,4-5,10H2,1H3,(H,20,22)/t11-,14-,15+/m0/s1. The first kappa shape index (κ1) is 16.4. The van der Waals surface area contributed by atoms with Crippen LogP contribution in [-0.4, -0.2) is 28.7 Å². The van der Waals surface area contributed by atoms with Crippen molar-refractivity contribution >= 4 is 17.7 Å². The Bertz CT molecular complexity index is 673. The first-order valence-electron chi connectivity index (χ1n) is 8.03. The Kier molecular flexibility index (Phi) is 4.46. The Morgan fingerprint density at radius 1 is 1.17 bits per heavy atom. The van der Waals surface area contributed by atoms with Gasteiger partial charge in [0, 0.05) is 6.54 Å². The summed E-state index contributed by atoms with van der Waals surface area (Å²) >= 11 is 0. The highest BCUT2D eigenvalue weighted by atomic mass is 19.1. The Hall–Kier alpha value is -2.50. The molecule has 1 aliphatic heterocycles. The van der Waals surface area contributed by atoms with Gasteiger partial charge in [-0.2, -0.15) is 0 Å². The molecule has 3 rings (SSSR count). The molecule has 0 unspecified atom stereocenters. The van der Waals surface area contributed by atoms with E-state index in [4.69, 9.17) is 0 Å². The number of imide groups is 1. The minimum atomic E-state index is -0.851. The number of amides is 3. The lowest BCUT2D eigenvalue weighted by molar-refractivity contribution is -0.147. The molecule has 1 heterocycles. The first-order valence-corrected chi connectivity index (χ1v) is 8.03. The Morgan fingerprint density at radius 2 is 1.71 bits per heavy atom. The number of nitrogens with zero attached hydrogens (tertiary/aromatic N) is 1. The highest BCUT2D eigenvalue weighted by Gasteiger charge is 2.49. The number of halogens is 1. The van der Waals surface area contributed by atoms with E-state index in [-0.39, 0.29) is 36.0 Å². The molecule has 1 aromatic carbocycles. The second-order valence-electron chi connectivity index (χ2n) is 6.22. The van der Waals surface area contributed by atoms with E-state index in [9.17, 15) is 18.8 Å². The molecule has 1 fully saturated rings. The predicted molar refractivity (Wildman–Crippen MR) is 84.9 cm³/mol. The van der Waals surface area contributed by atoms with E-state index in [2.05, 4.69) is 5.32 Å². The molecule has 1 saturated heterocycles. The van der Waals surface area contributed by atoms with Gasteiger partial charge >= 0.3 is 0 Å². The maximum atomic E-state index is 12.9. The topological polar surface area (TPSA) is 66.5 Å². The number of nitrogens with one attached hydrogen (secondary N) is 1. The van der Waals surface area contributed by atoms with Crippen molar-refractivity contribution < 1.29 is 18.8 Å². The highest BCUT2D eigenvalue weighted by Crippen LogP contribution is 2.36. The SMILES string of the molecule is C[C@@H](C(=O)NCc1ccc(F)cc1)N1C(=O)[C@H]2CC=CC[C@H]2C1=O. The molecule has 0 saturated carbocycles. The van der Waals surface area contributed by atoms with Crippen LogP contribution in [0.15, 0.2) is 36.4 Å². The quantitative estimate of drug-likeness (QED) is 0.676. The van der Waals surface area contributed by atoms with Crippen molar-refractivity contribution in [1.82, 2.24) is 10.2 Å². The van der Waals surface area contributed by atoms with Crippen LogP contribution in [0.4, 0.5) is 4.39 Å². The predicted octanol–water partition coefficient (Wildman–Crippen LogP) is 1.78. The molecule has 0 bridgehead atoms. The van der Waals surface area contributed by atoms with Crippen LogP contribution in [0, 0.1) is 17.7 Å². The fourth-order valence-electron chi connectivity index (χ4n) is 3.26. The summed E-state index contributed by atoms with van der Waals surface area (Å²) in [7, 11) is 0. The van der Waals surface area contributed by atoms with Gasteiger partial charge in [0.25, 0.3) is 0 Å². The van der Waals surface area contributed by atoms with Crippen molar-refractivity contribution in [3.8, 4) is 0 Å². The number of carbonyl (C=O) groups is 3. The van der Waals surface area contributed by atoms with E-state index < -0.39 is 11.9 Å². The summed E-state index contributed by atoms with van der Waals surface area (Å²) in [5, 5.41) is 2.69. The molecule has 0 radical (unpaired) electrons. The molecular weight excluding hydrogens is 311 g/mol. The van der Waals surface area contributed by atoms with E-state index in [1.54, 1.807) is 19.1 Å². The van der Waals surface area contributed by atoms with E-state index in [1.807, 2.05) is 12.2 Å². The number of allylic oxidation sites excluding steroid dienone is 2. The number of rotatable bonds is 4. The molecule has 6 heteroatoms. The second-order valence-corrected chi connectivity index (χ2v) is 6.22. The van der Waals surface area contributed by atoms with E-state index in [0.29, 0.717) is 12.8 Å². The molecule has 0 spiro atoms. The summed E-state index contributed by atoms with van der Waals surface area (Å²) in [5.74, 6) is -1.95. The first-order chi connectivity index (χ1) is 11.5. The fourth-order valence-corrected chi connectivity index (χ4v) is 3.26. The third-order valence-electron chi connectivity index (χ3n) is 4.69. The van der Waals surface area contributed by atoms with Crippen LogP contribution < -0.4 is 5.32 Å². The number of benzene rings is 1. The number of fused-ring (bicyclic) bond motifs is 1. The van der Waals surface area contributed by atoms with Crippen LogP contribution in [0.1, 0.15) is 25.3 Å². The summed E-state index contributed by atoms with van der Waals surface area (Å²) in [6.07, 6.45) is 4.93. The smallest absolute Gasteiger partial charge is 0.243 e. The zero-order valence-electron chi connectivity index (χ0n) is 13.4. The summed E-state index contributed by atoms with van der Waals surface area (Å²) in [5.41, 5.74) is 0.744. The van der Waals surface area contributed by atoms with E-state index >= 15 is 0 Å². The maximum Gasteiger partial charge on any atom is 0.243 e. The van der Waals surface area contributed by atoms with Crippen molar-refractivity contribution in [2.75, 3.05) is 0 Å². The molecule has 2 aliphatic rings. The van der Waals surface area contributed by atoms with Crippen LogP contribution in [0.25, 0.3) is 0 Å². The number of hydrogen-bond acceptors (Lipinski definition) is 3. The molecule has 3 amide bonds. The van der Waals surface area contributed by atoms with Crippen LogP contribution in [0.5, 0.6) is 0 Å². The largest absolute Gasteiger partial charge is 0.350 e. The Balaban J connectivity index is 1.64. The van der Waals surface area contributed by atoms with Crippen molar-refractivity contribution in [2.45, 2.75) is 32.4 Å². The molecule has 126 valence electrons. The van der Waals surface area contributed by atoms with Gasteiger partial charge in [-0.25, -0.2) is 4.39 Å². The van der Waals surface area contributed by atoms with Gasteiger partial charge in [-0.3, -0.25) is 19.3 Å². The number of carbonyl (C=O) groups excluding carboxylic acids is 3. The number of likely N-dealkylation sites (tertiary alicyclic amines) is 1. The van der Waals surface area contributed by atoms with Gasteiger partial charge in [-0.05, 0) is 37.5 Å². The lowest BCUT2D eigenvalue weighted by Gasteiger charge is -2.22. The summed E-state index contributed by atoms with van der Waals surface area (Å²) < 4.78 is 12.9. The Morgan fingerprint density at radius 3 is 2.25 bits per heavy atom. The fraction of sp³-hybridized carbons (Fsp3) is 0.389. The zero-order valence-corrected chi connectivity index (χ0v) is 13.4. The van der Waals surface area contributed by atoms with Gasteiger partial charge in [-0.15, -0.1) is 0 Å². The third-order valence-corrected chi connectivity index (χ3v) is 4.69.